The van der Waals surface area contributed by atoms with Gasteiger partial charge in [-0.05, 0) is 25.8 Å². The number of carbonyl (C=O) groups excluding carboxylic acids is 3. The number of esters is 1. The molecule has 1 heterocycles. The van der Waals surface area contributed by atoms with Crippen molar-refractivity contribution in [1.29, 1.82) is 0 Å². The fraction of sp³-hybridized carbons (Fsp3) is 0.588. The second-order valence-corrected chi connectivity index (χ2v) is 8.15. The lowest BCUT2D eigenvalue weighted by atomic mass is 9.79. The Balaban J connectivity index is 2.57. The van der Waals surface area contributed by atoms with Crippen LogP contribution in [0.5, 0.6) is 0 Å². The Hall–Kier alpha value is -1.96. The van der Waals surface area contributed by atoms with E-state index in [0.717, 1.165) is 0 Å². The highest BCUT2D eigenvalue weighted by molar-refractivity contribution is 7.96. The van der Waals surface area contributed by atoms with Crippen molar-refractivity contribution < 1.29 is 32.3 Å². The molecule has 0 fully saturated rings. The summed E-state index contributed by atoms with van der Waals surface area (Å²) in [6.07, 6.45) is -0.614. The van der Waals surface area contributed by atoms with E-state index in [1.54, 1.807) is 13.8 Å². The number of Topliss-reactive ketones (excluding diaryl/α,β-unsaturated/α-hetero) is 2. The van der Waals surface area contributed by atoms with Crippen LogP contribution < -0.4 is 0 Å². The molecule has 2 aliphatic rings. The molecule has 0 amide bonds. The zero-order chi connectivity index (χ0) is 18.9. The minimum atomic E-state index is -3.88. The molecule has 2 rings (SSSR count). The zero-order valence-electron chi connectivity index (χ0n) is 14.7. The van der Waals surface area contributed by atoms with E-state index in [-0.39, 0.29) is 30.1 Å². The van der Waals surface area contributed by atoms with Crippen molar-refractivity contribution in [2.45, 2.75) is 46.6 Å². The first kappa shape index (κ1) is 19.4. The highest BCUT2D eigenvalue weighted by Crippen LogP contribution is 2.41. The van der Waals surface area contributed by atoms with Gasteiger partial charge < -0.3 is 9.47 Å². The molecule has 0 radical (unpaired) electrons. The van der Waals surface area contributed by atoms with Crippen molar-refractivity contribution in [2.75, 3.05) is 12.4 Å². The Morgan fingerprint density at radius 3 is 2.32 bits per heavy atom. The van der Waals surface area contributed by atoms with Gasteiger partial charge >= 0.3 is 5.97 Å². The number of carbonyl (C=O) groups is 3. The van der Waals surface area contributed by atoms with Crippen LogP contribution in [0.2, 0.25) is 0 Å². The number of fused-ring (bicyclic) bond motifs is 1. The maximum atomic E-state index is 12.9. The van der Waals surface area contributed by atoms with Crippen LogP contribution in [0.25, 0.3) is 0 Å². The second kappa shape index (κ2) is 7.11. The lowest BCUT2D eigenvalue weighted by Gasteiger charge is -2.27. The summed E-state index contributed by atoms with van der Waals surface area (Å²) in [6.45, 7) is 6.48. The molecule has 138 valence electrons. The van der Waals surface area contributed by atoms with E-state index in [2.05, 4.69) is 0 Å². The largest absolute Gasteiger partial charge is 0.474 e. The highest BCUT2D eigenvalue weighted by atomic mass is 32.2. The van der Waals surface area contributed by atoms with E-state index in [1.807, 2.05) is 0 Å². The lowest BCUT2D eigenvalue weighted by Crippen LogP contribution is -2.43. The van der Waals surface area contributed by atoms with E-state index >= 15 is 0 Å². The highest BCUT2D eigenvalue weighted by Gasteiger charge is 2.53. The second-order valence-electron chi connectivity index (χ2n) is 5.94. The van der Waals surface area contributed by atoms with Crippen LogP contribution in [0.4, 0.5) is 0 Å². The van der Waals surface area contributed by atoms with Crippen molar-refractivity contribution in [1.82, 2.24) is 0 Å². The zero-order valence-corrected chi connectivity index (χ0v) is 15.6. The van der Waals surface area contributed by atoms with E-state index in [0.29, 0.717) is 12.0 Å². The van der Waals surface area contributed by atoms with Crippen LogP contribution in [0.3, 0.4) is 0 Å². The number of rotatable bonds is 6. The molecule has 0 N–H and O–H groups in total. The number of hydrogen-bond donors (Lipinski definition) is 0. The van der Waals surface area contributed by atoms with Crippen molar-refractivity contribution in [3.8, 4) is 0 Å². The Morgan fingerprint density at radius 1 is 1.16 bits per heavy atom. The van der Waals surface area contributed by atoms with Gasteiger partial charge in [0.2, 0.25) is 11.5 Å². The number of hydrogen-bond acceptors (Lipinski definition) is 7. The lowest BCUT2D eigenvalue weighted by molar-refractivity contribution is -0.145. The van der Waals surface area contributed by atoms with Crippen molar-refractivity contribution >= 4 is 27.4 Å². The molecule has 0 saturated carbocycles. The number of allylic oxidation sites excluding steroid dienone is 1. The summed E-state index contributed by atoms with van der Waals surface area (Å²) >= 11 is 0. The first-order valence-electron chi connectivity index (χ1n) is 8.30. The summed E-state index contributed by atoms with van der Waals surface area (Å²) in [5.74, 6) is -3.41. The fourth-order valence-corrected chi connectivity index (χ4v) is 4.44. The van der Waals surface area contributed by atoms with Gasteiger partial charge in [0.15, 0.2) is 21.7 Å². The molecule has 0 aromatic carbocycles. The maximum absolute atomic E-state index is 12.9. The molecular weight excluding hydrogens is 348 g/mol. The minimum Gasteiger partial charge on any atom is -0.474 e. The first-order chi connectivity index (χ1) is 11.7. The Kier molecular flexibility index (Phi) is 5.51. The van der Waals surface area contributed by atoms with E-state index in [4.69, 9.17) is 9.47 Å². The third-order valence-electron chi connectivity index (χ3n) is 4.36. The Labute approximate surface area is 147 Å². The van der Waals surface area contributed by atoms with Gasteiger partial charge in [0.25, 0.3) is 0 Å². The molecule has 0 aromatic rings. The van der Waals surface area contributed by atoms with Gasteiger partial charge in [0.1, 0.15) is 4.91 Å². The summed E-state index contributed by atoms with van der Waals surface area (Å²) in [6, 6.07) is 0. The van der Waals surface area contributed by atoms with Gasteiger partial charge in [-0.2, -0.15) is 0 Å². The molecule has 1 aliphatic heterocycles. The smallest absolute Gasteiger partial charge is 0.373 e. The summed E-state index contributed by atoms with van der Waals surface area (Å²) in [7, 11) is -3.88. The van der Waals surface area contributed by atoms with Gasteiger partial charge in [-0.15, -0.1) is 0 Å². The third kappa shape index (κ3) is 3.15. The average Bonchev–Trinajstić information content (AvgIpc) is 2.91. The van der Waals surface area contributed by atoms with Crippen LogP contribution in [0.15, 0.2) is 21.8 Å². The summed E-state index contributed by atoms with van der Waals surface area (Å²) in [4.78, 5) is 37.3. The standard InChI is InChI=1S/C17H22O7S/c1-5-8-10-12(18)11-9(4)14(17(20)23-6-2)24-15(11)13(19)16(10)25(21,22)7-3/h11,15H,5-8H2,1-4H3. The minimum absolute atomic E-state index is 0.0173. The van der Waals surface area contributed by atoms with Crippen molar-refractivity contribution in [3.05, 3.63) is 21.8 Å². The quantitative estimate of drug-likeness (QED) is 0.652. The molecule has 25 heavy (non-hydrogen) atoms. The average molecular weight is 370 g/mol. The van der Waals surface area contributed by atoms with E-state index < -0.39 is 44.3 Å². The molecule has 0 aromatic heterocycles. The summed E-state index contributed by atoms with van der Waals surface area (Å²) < 4.78 is 35.1. The molecule has 7 nitrogen and oxygen atoms in total. The van der Waals surface area contributed by atoms with Gasteiger partial charge in [0, 0.05) is 5.57 Å². The third-order valence-corrected chi connectivity index (χ3v) is 6.19. The molecule has 2 atom stereocenters. The SMILES string of the molecule is CCCC1=C(S(=O)(=O)CC)C(=O)C2OC(C(=O)OCC)=C(C)C2C1=O. The Bertz CT molecular complexity index is 786. The predicted octanol–water partition coefficient (Wildman–Crippen LogP) is 1.48. The molecule has 8 heteroatoms. The number of ketones is 2. The molecule has 0 saturated heterocycles. The summed E-state index contributed by atoms with van der Waals surface area (Å²) in [5.41, 5.74) is 0.326. The fourth-order valence-electron chi connectivity index (χ4n) is 3.15. The topological polar surface area (TPSA) is 104 Å². The molecular formula is C17H22O7S. The van der Waals surface area contributed by atoms with E-state index in [9.17, 15) is 22.8 Å². The molecule has 0 spiro atoms. The summed E-state index contributed by atoms with van der Waals surface area (Å²) in [5, 5.41) is 0. The normalized spacial score (nSPS) is 23.7. The van der Waals surface area contributed by atoms with Crippen LogP contribution in [0, 0.1) is 5.92 Å². The number of ether oxygens (including phenoxy) is 2. The molecule has 1 aliphatic carbocycles. The maximum Gasteiger partial charge on any atom is 0.373 e. The van der Waals surface area contributed by atoms with Gasteiger partial charge in [-0.1, -0.05) is 20.3 Å². The van der Waals surface area contributed by atoms with Crippen LogP contribution in [-0.2, 0) is 33.7 Å². The van der Waals surface area contributed by atoms with Gasteiger partial charge in [-0.25, -0.2) is 13.2 Å². The molecule has 0 bridgehead atoms. The van der Waals surface area contributed by atoms with Gasteiger partial charge in [-0.3, -0.25) is 9.59 Å². The molecule has 2 unspecified atom stereocenters. The Morgan fingerprint density at radius 2 is 1.80 bits per heavy atom. The number of sulfone groups is 1. The van der Waals surface area contributed by atoms with Crippen molar-refractivity contribution in [2.24, 2.45) is 5.92 Å². The van der Waals surface area contributed by atoms with Gasteiger partial charge in [0.05, 0.1) is 18.3 Å². The monoisotopic (exact) mass is 370 g/mol. The first-order valence-corrected chi connectivity index (χ1v) is 9.95. The van der Waals surface area contributed by atoms with Crippen LogP contribution in [-0.4, -0.2) is 44.4 Å². The van der Waals surface area contributed by atoms with E-state index in [1.165, 1.54) is 13.8 Å². The predicted molar refractivity (Wildman–Crippen MR) is 89.1 cm³/mol. The van der Waals surface area contributed by atoms with Crippen LogP contribution >= 0.6 is 0 Å². The van der Waals surface area contributed by atoms with Crippen molar-refractivity contribution in [3.63, 3.8) is 0 Å². The van der Waals surface area contributed by atoms with Crippen LogP contribution in [0.1, 0.15) is 40.5 Å².